The first-order chi connectivity index (χ1) is 10.6. The Labute approximate surface area is 138 Å². The number of hydrogen-bond donors (Lipinski definition) is 1. The number of aryl methyl sites for hydroxylation is 1. The summed E-state index contributed by atoms with van der Waals surface area (Å²) in [6.45, 7) is 2.39. The minimum Gasteiger partial charge on any atom is -0.419 e. The van der Waals surface area contributed by atoms with Crippen LogP contribution < -0.4 is 5.32 Å². The maximum atomic E-state index is 6.09. The molecule has 0 atom stereocenters. The summed E-state index contributed by atoms with van der Waals surface area (Å²) in [5, 5.41) is 12.6. The molecule has 0 radical (unpaired) electrons. The van der Waals surface area contributed by atoms with Gasteiger partial charge in [-0.2, -0.15) is 0 Å². The SMILES string of the molecule is Cc1ccc(NCc2nnc(-c3ccc(Cl)cc3)o2)cc1Cl. The summed E-state index contributed by atoms with van der Waals surface area (Å²) in [5.74, 6) is 0.969. The molecule has 0 saturated carbocycles. The van der Waals surface area contributed by atoms with Gasteiger partial charge in [0, 0.05) is 21.3 Å². The molecule has 0 saturated heterocycles. The maximum absolute atomic E-state index is 6.09. The lowest BCUT2D eigenvalue weighted by Gasteiger charge is -2.05. The van der Waals surface area contributed by atoms with Gasteiger partial charge in [-0.1, -0.05) is 29.3 Å². The maximum Gasteiger partial charge on any atom is 0.247 e. The first-order valence-corrected chi connectivity index (χ1v) is 7.46. The van der Waals surface area contributed by atoms with E-state index in [0.29, 0.717) is 23.3 Å². The van der Waals surface area contributed by atoms with Gasteiger partial charge in [-0.3, -0.25) is 0 Å². The van der Waals surface area contributed by atoms with Crippen molar-refractivity contribution in [3.63, 3.8) is 0 Å². The van der Waals surface area contributed by atoms with E-state index in [1.807, 2.05) is 37.3 Å². The van der Waals surface area contributed by atoms with Crippen molar-refractivity contribution in [1.29, 1.82) is 0 Å². The monoisotopic (exact) mass is 333 g/mol. The number of rotatable bonds is 4. The second kappa shape index (κ2) is 6.38. The Kier molecular flexibility index (Phi) is 4.32. The highest BCUT2D eigenvalue weighted by Gasteiger charge is 2.08. The first-order valence-electron chi connectivity index (χ1n) is 6.70. The predicted octanol–water partition coefficient (Wildman–Crippen LogP) is 4.96. The average Bonchev–Trinajstić information content (AvgIpc) is 2.98. The van der Waals surface area contributed by atoms with Crippen molar-refractivity contribution >= 4 is 28.9 Å². The number of anilines is 1. The molecule has 22 heavy (non-hydrogen) atoms. The topological polar surface area (TPSA) is 51.0 Å². The minimum absolute atomic E-state index is 0.431. The van der Waals surface area contributed by atoms with Crippen LogP contribution in [0.25, 0.3) is 11.5 Å². The Hall–Kier alpha value is -2.04. The molecular weight excluding hydrogens is 321 g/mol. The van der Waals surface area contributed by atoms with Crippen LogP contribution in [-0.4, -0.2) is 10.2 Å². The summed E-state index contributed by atoms with van der Waals surface area (Å²) in [7, 11) is 0. The number of benzene rings is 2. The highest BCUT2D eigenvalue weighted by molar-refractivity contribution is 6.31. The standard InChI is InChI=1S/C16H13Cl2N3O/c1-10-2-7-13(8-14(10)18)19-9-15-20-21-16(22-15)11-3-5-12(17)6-4-11/h2-8,19H,9H2,1H3. The van der Waals surface area contributed by atoms with Crippen LogP contribution in [0.3, 0.4) is 0 Å². The van der Waals surface area contributed by atoms with E-state index in [0.717, 1.165) is 21.8 Å². The smallest absolute Gasteiger partial charge is 0.247 e. The minimum atomic E-state index is 0.431. The van der Waals surface area contributed by atoms with Crippen LogP contribution in [0.4, 0.5) is 5.69 Å². The van der Waals surface area contributed by atoms with Gasteiger partial charge in [0.05, 0.1) is 6.54 Å². The van der Waals surface area contributed by atoms with Gasteiger partial charge >= 0.3 is 0 Å². The molecule has 0 fully saturated rings. The van der Waals surface area contributed by atoms with Gasteiger partial charge in [-0.25, -0.2) is 0 Å². The lowest BCUT2D eigenvalue weighted by atomic mass is 10.2. The molecule has 0 amide bonds. The van der Waals surface area contributed by atoms with Gasteiger partial charge < -0.3 is 9.73 Å². The molecule has 3 rings (SSSR count). The van der Waals surface area contributed by atoms with E-state index >= 15 is 0 Å². The molecule has 4 nitrogen and oxygen atoms in total. The average molecular weight is 334 g/mol. The van der Waals surface area contributed by atoms with Crippen molar-refractivity contribution in [2.75, 3.05) is 5.32 Å². The number of aromatic nitrogens is 2. The van der Waals surface area contributed by atoms with Gasteiger partial charge in [0.25, 0.3) is 0 Å². The van der Waals surface area contributed by atoms with Crippen LogP contribution >= 0.6 is 23.2 Å². The zero-order valence-corrected chi connectivity index (χ0v) is 13.3. The van der Waals surface area contributed by atoms with Crippen LogP contribution in [0, 0.1) is 6.92 Å². The summed E-state index contributed by atoms with van der Waals surface area (Å²) in [4.78, 5) is 0. The number of halogens is 2. The third-order valence-corrected chi connectivity index (χ3v) is 3.83. The van der Waals surface area contributed by atoms with Crippen LogP contribution in [0.2, 0.25) is 10.0 Å². The number of hydrogen-bond acceptors (Lipinski definition) is 4. The quantitative estimate of drug-likeness (QED) is 0.732. The van der Waals surface area contributed by atoms with Crippen LogP contribution in [0.5, 0.6) is 0 Å². The van der Waals surface area contributed by atoms with Crippen molar-refractivity contribution in [3.05, 3.63) is 64.0 Å². The van der Waals surface area contributed by atoms with Crippen molar-refractivity contribution in [1.82, 2.24) is 10.2 Å². The fraction of sp³-hybridized carbons (Fsp3) is 0.125. The molecule has 0 bridgehead atoms. The van der Waals surface area contributed by atoms with Gasteiger partial charge in [0.2, 0.25) is 11.8 Å². The van der Waals surface area contributed by atoms with E-state index in [2.05, 4.69) is 15.5 Å². The van der Waals surface area contributed by atoms with E-state index in [4.69, 9.17) is 27.6 Å². The van der Waals surface area contributed by atoms with E-state index in [9.17, 15) is 0 Å². The van der Waals surface area contributed by atoms with E-state index < -0.39 is 0 Å². The molecule has 0 aliphatic rings. The second-order valence-electron chi connectivity index (χ2n) is 4.83. The Balaban J connectivity index is 1.69. The molecule has 1 aromatic heterocycles. The normalized spacial score (nSPS) is 10.7. The van der Waals surface area contributed by atoms with Crippen molar-refractivity contribution < 1.29 is 4.42 Å². The number of nitrogens with zero attached hydrogens (tertiary/aromatic N) is 2. The fourth-order valence-corrected chi connectivity index (χ4v) is 2.22. The molecule has 0 spiro atoms. The Morgan fingerprint density at radius 2 is 1.82 bits per heavy atom. The van der Waals surface area contributed by atoms with E-state index in [1.165, 1.54) is 0 Å². The van der Waals surface area contributed by atoms with Crippen LogP contribution in [0.15, 0.2) is 46.9 Å². The van der Waals surface area contributed by atoms with Crippen LogP contribution in [0.1, 0.15) is 11.5 Å². The third-order valence-electron chi connectivity index (χ3n) is 3.17. The molecule has 3 aromatic rings. The van der Waals surface area contributed by atoms with Gasteiger partial charge in [-0.05, 0) is 48.9 Å². The summed E-state index contributed by atoms with van der Waals surface area (Å²) in [6, 6.07) is 13.0. The molecule has 6 heteroatoms. The second-order valence-corrected chi connectivity index (χ2v) is 5.67. The van der Waals surface area contributed by atoms with Crippen LogP contribution in [-0.2, 0) is 6.54 Å². The zero-order chi connectivity index (χ0) is 15.5. The first kappa shape index (κ1) is 14.9. The molecule has 2 aromatic carbocycles. The van der Waals surface area contributed by atoms with E-state index in [-0.39, 0.29) is 0 Å². The van der Waals surface area contributed by atoms with Crippen molar-refractivity contribution in [3.8, 4) is 11.5 Å². The van der Waals surface area contributed by atoms with E-state index in [1.54, 1.807) is 12.1 Å². The highest BCUT2D eigenvalue weighted by Crippen LogP contribution is 2.22. The Morgan fingerprint density at radius 3 is 2.55 bits per heavy atom. The molecular formula is C16H13Cl2N3O. The summed E-state index contributed by atoms with van der Waals surface area (Å²) in [5.41, 5.74) is 2.78. The summed E-state index contributed by atoms with van der Waals surface area (Å²) < 4.78 is 5.62. The largest absolute Gasteiger partial charge is 0.419 e. The molecule has 112 valence electrons. The lowest BCUT2D eigenvalue weighted by Crippen LogP contribution is -1.99. The molecule has 0 aliphatic heterocycles. The van der Waals surface area contributed by atoms with Gasteiger partial charge in [0.1, 0.15) is 0 Å². The Morgan fingerprint density at radius 1 is 1.05 bits per heavy atom. The predicted molar refractivity (Wildman–Crippen MR) is 88.3 cm³/mol. The fourth-order valence-electron chi connectivity index (χ4n) is 1.91. The van der Waals surface area contributed by atoms with Crippen molar-refractivity contribution in [2.24, 2.45) is 0 Å². The molecule has 1 N–H and O–H groups in total. The van der Waals surface area contributed by atoms with Gasteiger partial charge in [0.15, 0.2) is 0 Å². The van der Waals surface area contributed by atoms with Crippen molar-refractivity contribution in [2.45, 2.75) is 13.5 Å². The summed E-state index contributed by atoms with van der Waals surface area (Å²) in [6.07, 6.45) is 0. The summed E-state index contributed by atoms with van der Waals surface area (Å²) >= 11 is 11.9. The number of nitrogens with one attached hydrogen (secondary N) is 1. The molecule has 0 unspecified atom stereocenters. The third kappa shape index (κ3) is 3.40. The highest BCUT2D eigenvalue weighted by atomic mass is 35.5. The Bertz CT molecular complexity index is 784. The molecule has 0 aliphatic carbocycles. The van der Waals surface area contributed by atoms with Gasteiger partial charge in [-0.15, -0.1) is 10.2 Å². The zero-order valence-electron chi connectivity index (χ0n) is 11.8. The lowest BCUT2D eigenvalue weighted by molar-refractivity contribution is 0.515. The molecule has 1 heterocycles.